The van der Waals surface area contributed by atoms with E-state index in [0.29, 0.717) is 43.4 Å². The monoisotopic (exact) mass is 361 g/mol. The third-order valence-electron chi connectivity index (χ3n) is 3.20. The van der Waals surface area contributed by atoms with Crippen LogP contribution in [-0.4, -0.2) is 37.1 Å². The summed E-state index contributed by atoms with van der Waals surface area (Å²) in [5.41, 5.74) is 0.708. The normalized spacial score (nSPS) is 14.8. The summed E-state index contributed by atoms with van der Waals surface area (Å²) in [6.07, 6.45) is 0. The molecule has 1 aliphatic rings. The maximum Gasteiger partial charge on any atom is 0.245 e. The van der Waals surface area contributed by atoms with Crippen LogP contribution in [0.1, 0.15) is 24.8 Å². The number of hydrogen-bond donors (Lipinski definition) is 0. The van der Waals surface area contributed by atoms with Gasteiger partial charge in [0.05, 0.1) is 4.47 Å². The number of carbonyl (C=O) groups excluding carboxylic acids is 1. The first-order chi connectivity index (χ1) is 9.58. The van der Waals surface area contributed by atoms with Crippen molar-refractivity contribution in [1.82, 2.24) is 4.90 Å². The van der Waals surface area contributed by atoms with E-state index in [2.05, 4.69) is 15.9 Å². The van der Waals surface area contributed by atoms with Crippen molar-refractivity contribution < 1.29 is 14.3 Å². The Bertz CT molecular complexity index is 505. The lowest BCUT2D eigenvalue weighted by Crippen LogP contribution is -2.33. The molecule has 110 valence electrons. The maximum absolute atomic E-state index is 12.3. The fourth-order valence-electron chi connectivity index (χ4n) is 2.12. The number of carbonyl (C=O) groups is 1. The summed E-state index contributed by atoms with van der Waals surface area (Å²) in [6.45, 7) is 6.18. The summed E-state index contributed by atoms with van der Waals surface area (Å²) in [6, 6.07) is 3.59. The third-order valence-corrected chi connectivity index (χ3v) is 4.23. The van der Waals surface area contributed by atoms with Gasteiger partial charge in [-0.3, -0.25) is 4.79 Å². The van der Waals surface area contributed by atoms with Crippen LogP contribution in [0.4, 0.5) is 0 Å². The van der Waals surface area contributed by atoms with Gasteiger partial charge < -0.3 is 14.4 Å². The van der Waals surface area contributed by atoms with Crippen molar-refractivity contribution in [3.63, 3.8) is 0 Å². The van der Waals surface area contributed by atoms with Gasteiger partial charge >= 0.3 is 0 Å². The van der Waals surface area contributed by atoms with Crippen LogP contribution >= 0.6 is 27.5 Å². The second kappa shape index (κ2) is 6.68. The lowest BCUT2D eigenvalue weighted by molar-refractivity contribution is -0.130. The number of halogens is 2. The second-order valence-corrected chi connectivity index (χ2v) is 5.69. The SMILES string of the molecule is CCN(CC)C(=O)C(Cl)c1cc(Br)c2c(c1)OCCO2. The van der Waals surface area contributed by atoms with E-state index in [0.717, 1.165) is 4.47 Å². The molecule has 6 heteroatoms. The van der Waals surface area contributed by atoms with E-state index in [1.807, 2.05) is 19.9 Å². The Kier molecular flexibility index (Phi) is 5.16. The second-order valence-electron chi connectivity index (χ2n) is 4.40. The highest BCUT2D eigenvalue weighted by Crippen LogP contribution is 2.41. The Hall–Kier alpha value is -0.940. The molecule has 0 spiro atoms. The number of likely N-dealkylation sites (N-methyl/N-ethyl adjacent to an activating group) is 1. The smallest absolute Gasteiger partial charge is 0.245 e. The molecule has 1 heterocycles. The number of alkyl halides is 1. The van der Waals surface area contributed by atoms with Crippen molar-refractivity contribution in [3.05, 3.63) is 22.2 Å². The molecular formula is C14H17BrClNO3. The van der Waals surface area contributed by atoms with Crippen molar-refractivity contribution in [1.29, 1.82) is 0 Å². The molecule has 0 bridgehead atoms. The van der Waals surface area contributed by atoms with Gasteiger partial charge in [-0.2, -0.15) is 0 Å². The minimum atomic E-state index is -0.720. The summed E-state index contributed by atoms with van der Waals surface area (Å²) in [7, 11) is 0. The third kappa shape index (κ3) is 3.04. The molecule has 4 nitrogen and oxygen atoms in total. The van der Waals surface area contributed by atoms with Gasteiger partial charge in [0.25, 0.3) is 0 Å². The van der Waals surface area contributed by atoms with Gasteiger partial charge in [-0.15, -0.1) is 11.6 Å². The number of benzene rings is 1. The number of hydrogen-bond acceptors (Lipinski definition) is 3. The first-order valence-corrected chi connectivity index (χ1v) is 7.83. The predicted octanol–water partition coefficient (Wildman–Crippen LogP) is 3.37. The molecular weight excluding hydrogens is 346 g/mol. The predicted molar refractivity (Wildman–Crippen MR) is 81.7 cm³/mol. The molecule has 20 heavy (non-hydrogen) atoms. The average molecular weight is 363 g/mol. The van der Waals surface area contributed by atoms with Gasteiger partial charge in [0.15, 0.2) is 11.5 Å². The molecule has 1 aromatic rings. The van der Waals surface area contributed by atoms with Crippen molar-refractivity contribution in [3.8, 4) is 11.5 Å². The minimum absolute atomic E-state index is 0.0970. The van der Waals surface area contributed by atoms with Crippen molar-refractivity contribution in [2.75, 3.05) is 26.3 Å². The molecule has 2 rings (SSSR count). The van der Waals surface area contributed by atoms with Crippen LogP contribution in [0.15, 0.2) is 16.6 Å². The standard InChI is InChI=1S/C14H17BrClNO3/c1-3-17(4-2)14(18)12(16)9-7-10(15)13-11(8-9)19-5-6-20-13/h7-8,12H,3-6H2,1-2H3. The van der Waals surface area contributed by atoms with Gasteiger partial charge in [-0.05, 0) is 47.5 Å². The molecule has 0 saturated heterocycles. The van der Waals surface area contributed by atoms with Crippen LogP contribution in [0.25, 0.3) is 0 Å². The van der Waals surface area contributed by atoms with Crippen molar-refractivity contribution in [2.45, 2.75) is 19.2 Å². The number of fused-ring (bicyclic) bond motifs is 1. The Balaban J connectivity index is 2.28. The number of amides is 1. The molecule has 0 radical (unpaired) electrons. The lowest BCUT2D eigenvalue weighted by atomic mass is 10.1. The molecule has 0 fully saturated rings. The topological polar surface area (TPSA) is 38.8 Å². The van der Waals surface area contributed by atoms with Crippen molar-refractivity contribution in [2.24, 2.45) is 0 Å². The van der Waals surface area contributed by atoms with Crippen LogP contribution in [0.2, 0.25) is 0 Å². The summed E-state index contributed by atoms with van der Waals surface area (Å²) in [5, 5.41) is -0.720. The first kappa shape index (κ1) is 15.4. The van der Waals surface area contributed by atoms with E-state index in [4.69, 9.17) is 21.1 Å². The zero-order valence-electron chi connectivity index (χ0n) is 11.5. The molecule has 1 aromatic carbocycles. The summed E-state index contributed by atoms with van der Waals surface area (Å²) in [4.78, 5) is 14.0. The number of rotatable bonds is 4. The Morgan fingerprint density at radius 2 is 2.00 bits per heavy atom. The summed E-state index contributed by atoms with van der Waals surface area (Å²) in [5.74, 6) is 1.19. The molecule has 0 N–H and O–H groups in total. The number of ether oxygens (including phenoxy) is 2. The largest absolute Gasteiger partial charge is 0.486 e. The first-order valence-electron chi connectivity index (χ1n) is 6.60. The Morgan fingerprint density at radius 1 is 1.35 bits per heavy atom. The van der Waals surface area contributed by atoms with E-state index < -0.39 is 5.38 Å². The Labute approximate surface area is 132 Å². The molecule has 1 aliphatic heterocycles. The fraction of sp³-hybridized carbons (Fsp3) is 0.500. The highest BCUT2D eigenvalue weighted by molar-refractivity contribution is 9.10. The van der Waals surface area contributed by atoms with E-state index in [1.54, 1.807) is 11.0 Å². The Morgan fingerprint density at radius 3 is 2.65 bits per heavy atom. The fourth-order valence-corrected chi connectivity index (χ4v) is 2.95. The molecule has 0 aliphatic carbocycles. The van der Waals surface area contributed by atoms with Gasteiger partial charge in [0.2, 0.25) is 5.91 Å². The lowest BCUT2D eigenvalue weighted by Gasteiger charge is -2.24. The molecule has 1 amide bonds. The van der Waals surface area contributed by atoms with E-state index in [1.165, 1.54) is 0 Å². The van der Waals surface area contributed by atoms with Crippen LogP contribution in [-0.2, 0) is 4.79 Å². The van der Waals surface area contributed by atoms with Crippen molar-refractivity contribution >= 4 is 33.4 Å². The van der Waals surface area contributed by atoms with Gasteiger partial charge in [0.1, 0.15) is 18.6 Å². The highest BCUT2D eigenvalue weighted by Gasteiger charge is 2.25. The van der Waals surface area contributed by atoms with Gasteiger partial charge in [-0.1, -0.05) is 0 Å². The molecule has 0 saturated carbocycles. The zero-order valence-corrected chi connectivity index (χ0v) is 13.8. The minimum Gasteiger partial charge on any atom is -0.486 e. The quantitative estimate of drug-likeness (QED) is 0.771. The van der Waals surface area contributed by atoms with Gasteiger partial charge in [0, 0.05) is 13.1 Å². The number of nitrogens with zero attached hydrogens (tertiary/aromatic N) is 1. The zero-order chi connectivity index (χ0) is 14.7. The summed E-state index contributed by atoms with van der Waals surface area (Å²) < 4.78 is 11.8. The van der Waals surface area contributed by atoms with E-state index in [-0.39, 0.29) is 5.91 Å². The average Bonchev–Trinajstić information content (AvgIpc) is 2.47. The maximum atomic E-state index is 12.3. The molecule has 1 unspecified atom stereocenters. The molecule has 1 atom stereocenters. The van der Waals surface area contributed by atoms with Gasteiger partial charge in [-0.25, -0.2) is 0 Å². The van der Waals surface area contributed by atoms with Crippen LogP contribution in [0, 0.1) is 0 Å². The highest BCUT2D eigenvalue weighted by atomic mass is 79.9. The van der Waals surface area contributed by atoms with E-state index >= 15 is 0 Å². The van der Waals surface area contributed by atoms with Crippen LogP contribution in [0.3, 0.4) is 0 Å². The van der Waals surface area contributed by atoms with E-state index in [9.17, 15) is 4.79 Å². The van der Waals surface area contributed by atoms with Crippen LogP contribution < -0.4 is 9.47 Å². The van der Waals surface area contributed by atoms with Crippen LogP contribution in [0.5, 0.6) is 11.5 Å². The molecule has 0 aromatic heterocycles. The summed E-state index contributed by atoms with van der Waals surface area (Å²) >= 11 is 9.75.